The lowest BCUT2D eigenvalue weighted by atomic mass is 10.3. The maximum atomic E-state index is 5.63. The predicted molar refractivity (Wildman–Crippen MR) is 66.2 cm³/mol. The Labute approximate surface area is 102 Å². The first-order valence-corrected chi connectivity index (χ1v) is 6.34. The number of nitrogens with one attached hydrogen (secondary N) is 1. The zero-order chi connectivity index (χ0) is 11.9. The van der Waals surface area contributed by atoms with E-state index in [0.717, 1.165) is 25.5 Å². The smallest absolute Gasteiger partial charge is 0.202 e. The van der Waals surface area contributed by atoms with Gasteiger partial charge in [0.25, 0.3) is 0 Å². The second-order valence-electron chi connectivity index (χ2n) is 4.25. The topological polar surface area (TPSA) is 48.3 Å². The first kappa shape index (κ1) is 12.4. The van der Waals surface area contributed by atoms with Gasteiger partial charge in [-0.15, -0.1) is 0 Å². The molecule has 5 nitrogen and oxygen atoms in total. The van der Waals surface area contributed by atoms with Gasteiger partial charge in [0, 0.05) is 18.9 Å². The van der Waals surface area contributed by atoms with Crippen molar-refractivity contribution in [2.75, 3.05) is 31.7 Å². The summed E-state index contributed by atoms with van der Waals surface area (Å²) in [6.07, 6.45) is 6.29. The molecule has 2 rings (SSSR count). The predicted octanol–water partition coefficient (Wildman–Crippen LogP) is 1.51. The molecular weight excluding hydrogens is 218 g/mol. The molecule has 1 N–H and O–H groups in total. The number of hydrogen-bond acceptors (Lipinski definition) is 4. The second-order valence-corrected chi connectivity index (χ2v) is 4.25. The fourth-order valence-electron chi connectivity index (χ4n) is 1.86. The number of anilines is 1. The largest absolute Gasteiger partial charge is 0.376 e. The van der Waals surface area contributed by atoms with Gasteiger partial charge in [0.2, 0.25) is 5.95 Å². The molecule has 1 saturated heterocycles. The van der Waals surface area contributed by atoms with Crippen LogP contribution in [0.2, 0.25) is 0 Å². The molecule has 0 saturated carbocycles. The van der Waals surface area contributed by atoms with Crippen LogP contribution in [-0.2, 0) is 16.0 Å². The molecule has 1 aliphatic heterocycles. The van der Waals surface area contributed by atoms with Crippen molar-refractivity contribution in [2.45, 2.75) is 32.4 Å². The third-order valence-corrected chi connectivity index (χ3v) is 2.81. The van der Waals surface area contributed by atoms with Crippen molar-refractivity contribution in [1.82, 2.24) is 9.55 Å². The lowest BCUT2D eigenvalue weighted by Crippen LogP contribution is -2.32. The first-order chi connectivity index (χ1) is 8.40. The minimum atomic E-state index is 0.143. The van der Waals surface area contributed by atoms with Gasteiger partial charge in [-0.2, -0.15) is 0 Å². The van der Waals surface area contributed by atoms with Gasteiger partial charge in [0.05, 0.1) is 32.5 Å². The van der Waals surface area contributed by atoms with Crippen LogP contribution >= 0.6 is 0 Å². The lowest BCUT2D eigenvalue weighted by Gasteiger charge is -2.23. The Morgan fingerprint density at radius 3 is 3.24 bits per heavy atom. The van der Waals surface area contributed by atoms with Crippen molar-refractivity contribution < 1.29 is 9.47 Å². The van der Waals surface area contributed by atoms with Crippen LogP contribution in [0.3, 0.4) is 0 Å². The van der Waals surface area contributed by atoms with Crippen LogP contribution in [0, 0.1) is 0 Å². The summed E-state index contributed by atoms with van der Waals surface area (Å²) in [5.41, 5.74) is 0. The summed E-state index contributed by atoms with van der Waals surface area (Å²) < 4.78 is 13.1. The van der Waals surface area contributed by atoms with E-state index in [4.69, 9.17) is 9.47 Å². The first-order valence-electron chi connectivity index (χ1n) is 6.34. The van der Waals surface area contributed by atoms with Gasteiger partial charge >= 0.3 is 0 Å². The van der Waals surface area contributed by atoms with Crippen LogP contribution in [0.15, 0.2) is 12.4 Å². The lowest BCUT2D eigenvalue weighted by molar-refractivity contribution is -0.0934. The molecule has 1 atom stereocenters. The highest BCUT2D eigenvalue weighted by Gasteiger charge is 2.16. The summed E-state index contributed by atoms with van der Waals surface area (Å²) in [4.78, 5) is 4.31. The molecule has 0 aliphatic carbocycles. The van der Waals surface area contributed by atoms with Gasteiger partial charge in [-0.25, -0.2) is 4.98 Å². The molecule has 1 aromatic rings. The standard InChI is InChI=1S/C12H21N3O2/c1-2-3-4-13-12-14-5-6-15(12)9-11-10-16-7-8-17-11/h5-6,11H,2-4,7-10H2,1H3,(H,13,14). The highest BCUT2D eigenvalue weighted by Crippen LogP contribution is 2.10. The van der Waals surface area contributed by atoms with Crippen LogP contribution in [-0.4, -0.2) is 42.0 Å². The minimum absolute atomic E-state index is 0.143. The van der Waals surface area contributed by atoms with Gasteiger partial charge in [-0.05, 0) is 6.42 Å². The molecule has 0 radical (unpaired) electrons. The quantitative estimate of drug-likeness (QED) is 0.764. The summed E-state index contributed by atoms with van der Waals surface area (Å²) in [5, 5.41) is 3.34. The number of ether oxygens (including phenoxy) is 2. The van der Waals surface area contributed by atoms with E-state index in [1.807, 2.05) is 12.4 Å². The average molecular weight is 239 g/mol. The molecule has 0 spiro atoms. The molecule has 0 bridgehead atoms. The molecule has 1 aromatic heterocycles. The molecule has 0 aromatic carbocycles. The summed E-state index contributed by atoms with van der Waals surface area (Å²) >= 11 is 0. The van der Waals surface area contributed by atoms with E-state index in [2.05, 4.69) is 21.8 Å². The maximum Gasteiger partial charge on any atom is 0.202 e. The fraction of sp³-hybridized carbons (Fsp3) is 0.750. The molecule has 1 fully saturated rings. The monoisotopic (exact) mass is 239 g/mol. The summed E-state index contributed by atoms with van der Waals surface area (Å²) in [7, 11) is 0. The fourth-order valence-corrected chi connectivity index (χ4v) is 1.86. The second kappa shape index (κ2) is 6.61. The van der Waals surface area contributed by atoms with Crippen LogP contribution in [0.4, 0.5) is 5.95 Å². The molecule has 2 heterocycles. The molecule has 1 unspecified atom stereocenters. The molecule has 1 aliphatic rings. The van der Waals surface area contributed by atoms with E-state index in [9.17, 15) is 0 Å². The van der Waals surface area contributed by atoms with Gasteiger partial charge in [0.15, 0.2) is 0 Å². The number of hydrogen-bond donors (Lipinski definition) is 1. The average Bonchev–Trinajstić information content (AvgIpc) is 2.79. The van der Waals surface area contributed by atoms with E-state index < -0.39 is 0 Å². The van der Waals surface area contributed by atoms with Crippen molar-refractivity contribution in [1.29, 1.82) is 0 Å². The van der Waals surface area contributed by atoms with Gasteiger partial charge < -0.3 is 19.4 Å². The minimum Gasteiger partial charge on any atom is -0.376 e. The highest BCUT2D eigenvalue weighted by atomic mass is 16.6. The number of rotatable bonds is 6. The Bertz CT molecular complexity index is 321. The van der Waals surface area contributed by atoms with Gasteiger partial charge in [-0.3, -0.25) is 0 Å². The zero-order valence-electron chi connectivity index (χ0n) is 10.4. The van der Waals surface area contributed by atoms with Crippen molar-refractivity contribution in [3.63, 3.8) is 0 Å². The van der Waals surface area contributed by atoms with E-state index in [-0.39, 0.29) is 6.10 Å². The van der Waals surface area contributed by atoms with Crippen LogP contribution in [0.25, 0.3) is 0 Å². The number of aromatic nitrogens is 2. The van der Waals surface area contributed by atoms with Crippen LogP contribution in [0.1, 0.15) is 19.8 Å². The Hall–Kier alpha value is -1.07. The Balaban J connectivity index is 1.84. The van der Waals surface area contributed by atoms with Gasteiger partial charge in [-0.1, -0.05) is 13.3 Å². The molecule has 0 amide bonds. The Morgan fingerprint density at radius 1 is 1.53 bits per heavy atom. The van der Waals surface area contributed by atoms with Crippen molar-refractivity contribution >= 4 is 5.95 Å². The van der Waals surface area contributed by atoms with Crippen LogP contribution in [0.5, 0.6) is 0 Å². The van der Waals surface area contributed by atoms with E-state index >= 15 is 0 Å². The third-order valence-electron chi connectivity index (χ3n) is 2.81. The molecule has 17 heavy (non-hydrogen) atoms. The van der Waals surface area contributed by atoms with Crippen molar-refractivity contribution in [3.8, 4) is 0 Å². The summed E-state index contributed by atoms with van der Waals surface area (Å²) in [6.45, 7) is 6.03. The van der Waals surface area contributed by atoms with Crippen molar-refractivity contribution in [3.05, 3.63) is 12.4 Å². The van der Waals surface area contributed by atoms with Crippen molar-refractivity contribution in [2.24, 2.45) is 0 Å². The molecule has 5 heteroatoms. The zero-order valence-corrected chi connectivity index (χ0v) is 10.4. The summed E-state index contributed by atoms with van der Waals surface area (Å²) in [5.74, 6) is 0.924. The summed E-state index contributed by atoms with van der Waals surface area (Å²) in [6, 6.07) is 0. The Kier molecular flexibility index (Phi) is 4.82. The third kappa shape index (κ3) is 3.71. The van der Waals surface area contributed by atoms with Crippen LogP contribution < -0.4 is 5.32 Å². The van der Waals surface area contributed by atoms with Gasteiger partial charge in [0.1, 0.15) is 0 Å². The van der Waals surface area contributed by atoms with E-state index in [1.165, 1.54) is 6.42 Å². The number of imidazole rings is 1. The SMILES string of the molecule is CCCCNc1nccn1CC1COCCO1. The normalized spacial score (nSPS) is 20.4. The highest BCUT2D eigenvalue weighted by molar-refractivity contribution is 5.25. The molecular formula is C12H21N3O2. The van der Waals surface area contributed by atoms with E-state index in [1.54, 1.807) is 0 Å². The number of unbranched alkanes of at least 4 members (excludes halogenated alkanes) is 1. The maximum absolute atomic E-state index is 5.63. The molecule has 96 valence electrons. The van der Waals surface area contributed by atoms with E-state index in [0.29, 0.717) is 19.8 Å². The Morgan fingerprint density at radius 2 is 2.47 bits per heavy atom. The number of nitrogens with zero attached hydrogens (tertiary/aromatic N) is 2.